The smallest absolute Gasteiger partial charge is 0.287 e. The number of rotatable bonds is 2. The molecule has 0 aliphatic carbocycles. The zero-order valence-corrected chi connectivity index (χ0v) is 13.5. The van der Waals surface area contributed by atoms with Crippen molar-refractivity contribution in [3.8, 4) is 0 Å². The molecule has 11 heteroatoms. The molecule has 0 aromatic carbocycles. The SMILES string of the molecule is C[C@@]1(O)[C@H](O)[C@@H](CO)O[C@H]1n1cc2c3c(ncnc31)NC(=O)C(F)=C2N. The largest absolute Gasteiger partial charge is 0.396 e. The lowest BCUT2D eigenvalue weighted by atomic mass is 9.96. The predicted octanol–water partition coefficient (Wildman–Crippen LogP) is -1.02. The Morgan fingerprint density at radius 2 is 2.23 bits per heavy atom. The van der Waals surface area contributed by atoms with E-state index in [1.54, 1.807) is 0 Å². The third-order valence-corrected chi connectivity index (χ3v) is 4.75. The zero-order chi connectivity index (χ0) is 18.8. The Morgan fingerprint density at radius 1 is 1.50 bits per heavy atom. The number of aliphatic hydroxyl groups is 3. The molecule has 0 spiro atoms. The predicted molar refractivity (Wildman–Crippen MR) is 86.0 cm³/mol. The normalized spacial score (nSPS) is 31.4. The highest BCUT2D eigenvalue weighted by molar-refractivity contribution is 6.15. The van der Waals surface area contributed by atoms with Crippen LogP contribution < -0.4 is 11.1 Å². The first-order valence-corrected chi connectivity index (χ1v) is 7.76. The number of hydrogen-bond donors (Lipinski definition) is 5. The van der Waals surface area contributed by atoms with Gasteiger partial charge in [0.05, 0.1) is 17.7 Å². The number of nitrogens with two attached hydrogens (primary N) is 1. The number of anilines is 1. The topological polar surface area (TPSA) is 156 Å². The molecule has 1 saturated heterocycles. The summed E-state index contributed by atoms with van der Waals surface area (Å²) >= 11 is 0. The van der Waals surface area contributed by atoms with Gasteiger partial charge in [-0.2, -0.15) is 4.39 Å². The lowest BCUT2D eigenvalue weighted by molar-refractivity contribution is -0.114. The molecule has 4 rings (SSSR count). The van der Waals surface area contributed by atoms with Crippen LogP contribution in [0.15, 0.2) is 18.4 Å². The summed E-state index contributed by atoms with van der Waals surface area (Å²) in [5, 5.41) is 32.8. The van der Waals surface area contributed by atoms with Crippen LogP contribution in [-0.2, 0) is 9.53 Å². The number of carbonyl (C=O) groups is 1. The highest BCUT2D eigenvalue weighted by Crippen LogP contribution is 2.42. The zero-order valence-electron chi connectivity index (χ0n) is 13.5. The van der Waals surface area contributed by atoms with Gasteiger partial charge in [-0.3, -0.25) is 4.79 Å². The fraction of sp³-hybridized carbons (Fsp3) is 0.400. The van der Waals surface area contributed by atoms with E-state index in [4.69, 9.17) is 10.5 Å². The Bertz CT molecular complexity index is 955. The van der Waals surface area contributed by atoms with Gasteiger partial charge in [-0.05, 0) is 6.92 Å². The van der Waals surface area contributed by atoms with Crippen LogP contribution in [0.4, 0.5) is 10.2 Å². The van der Waals surface area contributed by atoms with Gasteiger partial charge in [0, 0.05) is 11.8 Å². The van der Waals surface area contributed by atoms with E-state index in [0.717, 1.165) is 6.33 Å². The Labute approximate surface area is 145 Å². The molecule has 1 fully saturated rings. The Morgan fingerprint density at radius 3 is 2.88 bits per heavy atom. The summed E-state index contributed by atoms with van der Waals surface area (Å²) in [4.78, 5) is 19.8. The van der Waals surface area contributed by atoms with Crippen molar-refractivity contribution in [3.05, 3.63) is 23.9 Å². The summed E-state index contributed by atoms with van der Waals surface area (Å²) in [6.45, 7) is 0.839. The van der Waals surface area contributed by atoms with E-state index < -0.39 is 48.1 Å². The van der Waals surface area contributed by atoms with Gasteiger partial charge in [-0.15, -0.1) is 0 Å². The second kappa shape index (κ2) is 5.45. The molecule has 2 aromatic heterocycles. The quantitative estimate of drug-likeness (QED) is 0.453. The maximum atomic E-state index is 14.2. The van der Waals surface area contributed by atoms with E-state index in [1.807, 2.05) is 0 Å². The van der Waals surface area contributed by atoms with Crippen LogP contribution in [0.25, 0.3) is 16.7 Å². The number of amides is 1. The van der Waals surface area contributed by atoms with Crippen molar-refractivity contribution in [2.75, 3.05) is 11.9 Å². The average Bonchev–Trinajstić information content (AvgIpc) is 3.07. The number of nitrogens with one attached hydrogen (secondary N) is 1. The fourth-order valence-electron chi connectivity index (χ4n) is 3.36. The monoisotopic (exact) mass is 365 g/mol. The van der Waals surface area contributed by atoms with E-state index in [2.05, 4.69) is 15.3 Å². The maximum absolute atomic E-state index is 14.2. The fourth-order valence-corrected chi connectivity index (χ4v) is 3.36. The number of nitrogens with zero attached hydrogens (tertiary/aromatic N) is 3. The lowest BCUT2D eigenvalue weighted by Gasteiger charge is -2.27. The molecule has 6 N–H and O–H groups in total. The summed E-state index contributed by atoms with van der Waals surface area (Å²) in [5.41, 5.74) is 3.96. The summed E-state index contributed by atoms with van der Waals surface area (Å²) < 4.78 is 21.1. The first kappa shape index (κ1) is 16.8. The molecule has 26 heavy (non-hydrogen) atoms. The van der Waals surface area contributed by atoms with Crippen LogP contribution in [-0.4, -0.2) is 60.2 Å². The number of carbonyl (C=O) groups excluding carboxylic acids is 1. The molecular weight excluding hydrogens is 349 g/mol. The minimum absolute atomic E-state index is 0.0567. The number of aromatic nitrogens is 3. The van der Waals surface area contributed by atoms with Crippen LogP contribution in [0.5, 0.6) is 0 Å². The van der Waals surface area contributed by atoms with Crippen molar-refractivity contribution in [2.24, 2.45) is 5.73 Å². The van der Waals surface area contributed by atoms with Crippen molar-refractivity contribution in [1.82, 2.24) is 14.5 Å². The molecule has 1 amide bonds. The lowest BCUT2D eigenvalue weighted by Crippen LogP contribution is -2.44. The summed E-state index contributed by atoms with van der Waals surface area (Å²) in [6, 6.07) is 0. The molecule has 4 heterocycles. The first-order valence-electron chi connectivity index (χ1n) is 7.76. The molecule has 0 radical (unpaired) electrons. The van der Waals surface area contributed by atoms with Gasteiger partial charge in [-0.1, -0.05) is 0 Å². The van der Waals surface area contributed by atoms with Crippen LogP contribution in [0.2, 0.25) is 0 Å². The van der Waals surface area contributed by atoms with Gasteiger partial charge < -0.3 is 35.7 Å². The van der Waals surface area contributed by atoms with E-state index in [9.17, 15) is 24.5 Å². The number of ether oxygens (including phenoxy) is 1. The summed E-state index contributed by atoms with van der Waals surface area (Å²) in [5.74, 6) is -2.14. The van der Waals surface area contributed by atoms with Crippen molar-refractivity contribution < 1.29 is 29.2 Å². The molecule has 4 atom stereocenters. The third kappa shape index (κ3) is 2.08. The number of aliphatic hydroxyl groups excluding tert-OH is 2. The molecule has 0 saturated carbocycles. The number of hydrogen-bond acceptors (Lipinski definition) is 8. The molecule has 138 valence electrons. The van der Waals surface area contributed by atoms with Crippen LogP contribution >= 0.6 is 0 Å². The van der Waals surface area contributed by atoms with E-state index >= 15 is 0 Å². The first-order chi connectivity index (χ1) is 12.3. The molecule has 2 aliphatic rings. The van der Waals surface area contributed by atoms with E-state index in [1.165, 1.54) is 17.7 Å². The Kier molecular flexibility index (Phi) is 3.53. The van der Waals surface area contributed by atoms with E-state index in [0.29, 0.717) is 0 Å². The van der Waals surface area contributed by atoms with Crippen LogP contribution in [0.1, 0.15) is 18.7 Å². The highest BCUT2D eigenvalue weighted by Gasteiger charge is 2.53. The molecule has 2 aliphatic heterocycles. The maximum Gasteiger partial charge on any atom is 0.287 e. The average molecular weight is 365 g/mol. The standard InChI is InChI=1S/C15H16FN5O5/c1-15(25)10(23)6(3-22)26-14(15)21-2-5-7-11(18-4-19-12(7)21)20-13(24)8(16)9(5)17/h2,4,6,10,14,22-23,25H,3,17H2,1H3,(H,18,19,20,24)/t6-,10-,14-,15-/m1/s1. The Hall–Kier alpha value is -2.60. The third-order valence-electron chi connectivity index (χ3n) is 4.75. The molecule has 0 unspecified atom stereocenters. The van der Waals surface area contributed by atoms with Crippen molar-refractivity contribution in [3.63, 3.8) is 0 Å². The van der Waals surface area contributed by atoms with Gasteiger partial charge in [-0.25, -0.2) is 9.97 Å². The second-order valence-electron chi connectivity index (χ2n) is 6.43. The second-order valence-corrected chi connectivity index (χ2v) is 6.43. The van der Waals surface area contributed by atoms with Crippen LogP contribution in [0, 0.1) is 0 Å². The van der Waals surface area contributed by atoms with Gasteiger partial charge in [0.25, 0.3) is 5.91 Å². The number of halogens is 1. The van der Waals surface area contributed by atoms with Crippen molar-refractivity contribution in [1.29, 1.82) is 0 Å². The molecular formula is C15H16FN5O5. The Balaban J connectivity index is 1.96. The van der Waals surface area contributed by atoms with E-state index in [-0.39, 0.29) is 22.4 Å². The van der Waals surface area contributed by atoms with Crippen molar-refractivity contribution in [2.45, 2.75) is 31.0 Å². The van der Waals surface area contributed by atoms with Gasteiger partial charge in [0.15, 0.2) is 6.23 Å². The molecule has 10 nitrogen and oxygen atoms in total. The van der Waals surface area contributed by atoms with Crippen LogP contribution in [0.3, 0.4) is 0 Å². The van der Waals surface area contributed by atoms with Gasteiger partial charge in [0.2, 0.25) is 5.83 Å². The molecule has 2 aromatic rings. The minimum atomic E-state index is -1.77. The highest BCUT2D eigenvalue weighted by atomic mass is 19.1. The molecule has 0 bridgehead atoms. The summed E-state index contributed by atoms with van der Waals surface area (Å²) in [7, 11) is 0. The van der Waals surface area contributed by atoms with Gasteiger partial charge >= 0.3 is 0 Å². The summed E-state index contributed by atoms with van der Waals surface area (Å²) in [6.07, 6.45) is -1.00. The minimum Gasteiger partial charge on any atom is -0.396 e. The van der Waals surface area contributed by atoms with Crippen molar-refractivity contribution >= 4 is 28.5 Å². The van der Waals surface area contributed by atoms with Gasteiger partial charge in [0.1, 0.15) is 35.6 Å².